The van der Waals surface area contributed by atoms with Crippen LogP contribution in [0.4, 0.5) is 10.1 Å². The van der Waals surface area contributed by atoms with Crippen LogP contribution in [-0.2, 0) is 4.79 Å². The number of carbonyl (C=O) groups is 2. The number of carbonyl (C=O) groups excluding carboxylic acids is 1. The molecule has 0 bridgehead atoms. The van der Waals surface area contributed by atoms with E-state index in [1.54, 1.807) is 0 Å². The van der Waals surface area contributed by atoms with Crippen LogP contribution in [0, 0.1) is 11.2 Å². The van der Waals surface area contributed by atoms with E-state index in [9.17, 15) is 14.0 Å². The number of nitrogens with one attached hydrogen (secondary N) is 2. The maximum Gasteiger partial charge on any atom is 0.338 e. The van der Waals surface area contributed by atoms with E-state index in [0.717, 1.165) is 31.5 Å². The Labute approximate surface area is 116 Å². The van der Waals surface area contributed by atoms with Crippen LogP contribution in [0.15, 0.2) is 18.2 Å². The van der Waals surface area contributed by atoms with Crippen LogP contribution in [0.3, 0.4) is 0 Å². The van der Waals surface area contributed by atoms with E-state index in [4.69, 9.17) is 5.11 Å². The lowest BCUT2D eigenvalue weighted by atomic mass is 9.82. The van der Waals surface area contributed by atoms with Gasteiger partial charge in [-0.25, -0.2) is 9.18 Å². The highest BCUT2D eigenvalue weighted by molar-refractivity contribution is 5.97. The highest BCUT2D eigenvalue weighted by atomic mass is 19.1. The van der Waals surface area contributed by atoms with Gasteiger partial charge in [0.05, 0.1) is 11.0 Å². The molecule has 0 radical (unpaired) electrons. The molecule has 1 atom stereocenters. The highest BCUT2D eigenvalue weighted by Gasteiger charge is 2.34. The molecule has 108 valence electrons. The molecule has 1 unspecified atom stereocenters. The van der Waals surface area contributed by atoms with Crippen LogP contribution in [0.25, 0.3) is 0 Å². The normalized spacial score (nSPS) is 22.3. The second-order valence-corrected chi connectivity index (χ2v) is 5.29. The van der Waals surface area contributed by atoms with Gasteiger partial charge in [-0.2, -0.15) is 0 Å². The molecule has 1 saturated heterocycles. The van der Waals surface area contributed by atoms with Crippen molar-refractivity contribution in [3.05, 3.63) is 29.6 Å². The number of benzene rings is 1. The van der Waals surface area contributed by atoms with Gasteiger partial charge in [0.25, 0.3) is 0 Å². The number of carboxylic acids is 1. The van der Waals surface area contributed by atoms with Crippen LogP contribution in [0.1, 0.15) is 30.1 Å². The minimum atomic E-state index is -1.36. The lowest BCUT2D eigenvalue weighted by molar-refractivity contribution is -0.125. The maximum atomic E-state index is 13.3. The number of anilines is 1. The Morgan fingerprint density at radius 3 is 2.80 bits per heavy atom. The molecule has 6 heteroatoms. The number of aromatic carboxylic acids is 1. The summed E-state index contributed by atoms with van der Waals surface area (Å²) >= 11 is 0. The summed E-state index contributed by atoms with van der Waals surface area (Å²) in [5.41, 5.74) is -0.689. The Balaban J connectivity index is 2.15. The number of hydrogen-bond donors (Lipinski definition) is 3. The summed E-state index contributed by atoms with van der Waals surface area (Å²) in [5, 5.41) is 14.7. The molecule has 0 saturated carbocycles. The summed E-state index contributed by atoms with van der Waals surface area (Å²) in [7, 11) is 0. The molecule has 1 aromatic rings. The van der Waals surface area contributed by atoms with Crippen molar-refractivity contribution >= 4 is 17.6 Å². The van der Waals surface area contributed by atoms with Gasteiger partial charge in [0.1, 0.15) is 5.82 Å². The highest BCUT2D eigenvalue weighted by Crippen LogP contribution is 2.27. The Morgan fingerprint density at radius 1 is 1.45 bits per heavy atom. The first-order chi connectivity index (χ1) is 9.42. The first-order valence-electron chi connectivity index (χ1n) is 6.47. The summed E-state index contributed by atoms with van der Waals surface area (Å²) in [6.45, 7) is 3.32. The van der Waals surface area contributed by atoms with E-state index in [1.165, 1.54) is 6.07 Å². The summed E-state index contributed by atoms with van der Waals surface area (Å²) in [6, 6.07) is 3.54. The Morgan fingerprint density at radius 2 is 2.20 bits per heavy atom. The Kier molecular flexibility index (Phi) is 4.04. The molecule has 1 aliphatic heterocycles. The predicted octanol–water partition coefficient (Wildman–Crippen LogP) is 1.85. The molecular formula is C14H17FN2O3. The molecule has 2 rings (SSSR count). The minimum Gasteiger partial charge on any atom is -0.478 e. The quantitative estimate of drug-likeness (QED) is 0.789. The molecular weight excluding hydrogens is 263 g/mol. The molecule has 0 aliphatic carbocycles. The third-order valence-corrected chi connectivity index (χ3v) is 3.60. The number of carboxylic acid groups (broad SMARTS) is 1. The topological polar surface area (TPSA) is 78.4 Å². The van der Waals surface area contributed by atoms with Gasteiger partial charge in [-0.05, 0) is 44.5 Å². The SMILES string of the molecule is CC1(C(=O)Nc2ccc(F)c(C(=O)O)c2)CCCNC1. The number of halogens is 1. The van der Waals surface area contributed by atoms with Gasteiger partial charge in [0.15, 0.2) is 0 Å². The molecule has 1 fully saturated rings. The smallest absolute Gasteiger partial charge is 0.338 e. The predicted molar refractivity (Wildman–Crippen MR) is 72.2 cm³/mol. The molecule has 3 N–H and O–H groups in total. The van der Waals surface area contributed by atoms with Crippen molar-refractivity contribution in [2.24, 2.45) is 5.41 Å². The summed E-state index contributed by atoms with van der Waals surface area (Å²) in [4.78, 5) is 23.1. The Bertz CT molecular complexity index is 539. The van der Waals surface area contributed by atoms with Crippen molar-refractivity contribution in [3.63, 3.8) is 0 Å². The van der Waals surface area contributed by atoms with Gasteiger partial charge < -0.3 is 15.7 Å². The van der Waals surface area contributed by atoms with E-state index in [1.807, 2.05) is 6.92 Å². The Hall–Kier alpha value is -1.95. The largest absolute Gasteiger partial charge is 0.478 e. The standard InChI is InChI=1S/C14H17FN2O3/c1-14(5-2-6-16-8-14)13(20)17-9-3-4-11(15)10(7-9)12(18)19/h3-4,7,16H,2,5-6,8H2,1H3,(H,17,20)(H,18,19). The molecule has 1 aromatic carbocycles. The second-order valence-electron chi connectivity index (χ2n) is 5.29. The molecule has 0 spiro atoms. The monoisotopic (exact) mass is 280 g/mol. The summed E-state index contributed by atoms with van der Waals surface area (Å²) in [5.74, 6) is -2.36. The first kappa shape index (κ1) is 14.5. The molecule has 0 aromatic heterocycles. The van der Waals surface area contributed by atoms with E-state index >= 15 is 0 Å². The average Bonchev–Trinajstić information content (AvgIpc) is 2.41. The van der Waals surface area contributed by atoms with E-state index in [-0.39, 0.29) is 5.91 Å². The van der Waals surface area contributed by atoms with E-state index in [0.29, 0.717) is 12.2 Å². The lowest BCUT2D eigenvalue weighted by Crippen LogP contribution is -2.46. The molecule has 1 heterocycles. The van der Waals surface area contributed by atoms with Crippen molar-refractivity contribution in [2.75, 3.05) is 18.4 Å². The van der Waals surface area contributed by atoms with Crippen LogP contribution < -0.4 is 10.6 Å². The third-order valence-electron chi connectivity index (χ3n) is 3.60. The van der Waals surface area contributed by atoms with E-state index in [2.05, 4.69) is 10.6 Å². The lowest BCUT2D eigenvalue weighted by Gasteiger charge is -2.32. The van der Waals surface area contributed by atoms with Crippen molar-refractivity contribution in [2.45, 2.75) is 19.8 Å². The molecule has 20 heavy (non-hydrogen) atoms. The number of piperidine rings is 1. The fourth-order valence-electron chi connectivity index (χ4n) is 2.30. The fourth-order valence-corrected chi connectivity index (χ4v) is 2.30. The summed E-state index contributed by atoms with van der Waals surface area (Å²) < 4.78 is 13.3. The van der Waals surface area contributed by atoms with Crippen LogP contribution in [0.5, 0.6) is 0 Å². The van der Waals surface area contributed by atoms with Gasteiger partial charge in [-0.15, -0.1) is 0 Å². The van der Waals surface area contributed by atoms with Crippen molar-refractivity contribution in [3.8, 4) is 0 Å². The van der Waals surface area contributed by atoms with Crippen LogP contribution in [-0.4, -0.2) is 30.1 Å². The molecule has 1 aliphatic rings. The number of rotatable bonds is 3. The zero-order valence-corrected chi connectivity index (χ0v) is 11.2. The van der Waals surface area contributed by atoms with Gasteiger partial charge in [-0.1, -0.05) is 0 Å². The maximum absolute atomic E-state index is 13.3. The van der Waals surface area contributed by atoms with Gasteiger partial charge in [0, 0.05) is 12.2 Å². The van der Waals surface area contributed by atoms with Crippen molar-refractivity contribution in [1.82, 2.24) is 5.32 Å². The van der Waals surface area contributed by atoms with Crippen molar-refractivity contribution < 1.29 is 19.1 Å². The third kappa shape index (κ3) is 2.96. The van der Waals surface area contributed by atoms with Crippen molar-refractivity contribution in [1.29, 1.82) is 0 Å². The van der Waals surface area contributed by atoms with Crippen LogP contribution in [0.2, 0.25) is 0 Å². The second kappa shape index (κ2) is 5.58. The van der Waals surface area contributed by atoms with E-state index < -0.39 is 22.8 Å². The zero-order chi connectivity index (χ0) is 14.8. The molecule has 1 amide bonds. The van der Waals surface area contributed by atoms with Crippen LogP contribution >= 0.6 is 0 Å². The fraction of sp³-hybridized carbons (Fsp3) is 0.429. The van der Waals surface area contributed by atoms with Gasteiger partial charge in [-0.3, -0.25) is 4.79 Å². The number of amides is 1. The first-order valence-corrected chi connectivity index (χ1v) is 6.47. The van der Waals surface area contributed by atoms with Gasteiger partial charge >= 0.3 is 5.97 Å². The molecule has 5 nitrogen and oxygen atoms in total. The average molecular weight is 280 g/mol. The minimum absolute atomic E-state index is 0.187. The van der Waals surface area contributed by atoms with Gasteiger partial charge in [0.2, 0.25) is 5.91 Å². The zero-order valence-electron chi connectivity index (χ0n) is 11.2. The summed E-state index contributed by atoms with van der Waals surface area (Å²) in [6.07, 6.45) is 1.67. The number of hydrogen-bond acceptors (Lipinski definition) is 3.